The first-order valence-electron chi connectivity index (χ1n) is 5.76. The molecule has 1 unspecified atom stereocenters. The maximum Gasteiger partial charge on any atom is 0.161 e. The molecule has 1 aromatic carbocycles. The van der Waals surface area contributed by atoms with E-state index in [1.54, 1.807) is 0 Å². The maximum atomic E-state index is 11.7. The summed E-state index contributed by atoms with van der Waals surface area (Å²) in [6, 6.07) is 9.69. The third-order valence-electron chi connectivity index (χ3n) is 2.58. The molecule has 0 spiro atoms. The van der Waals surface area contributed by atoms with Crippen LogP contribution in [0.1, 0.15) is 18.4 Å². The summed E-state index contributed by atoms with van der Waals surface area (Å²) < 4.78 is 0. The largest absolute Gasteiger partial charge is 0.393 e. The van der Waals surface area contributed by atoms with Gasteiger partial charge in [-0.1, -0.05) is 36.9 Å². The quantitative estimate of drug-likeness (QED) is 0.701. The van der Waals surface area contributed by atoms with Gasteiger partial charge < -0.3 is 10.8 Å². The van der Waals surface area contributed by atoms with Crippen LogP contribution in [0.4, 0.5) is 0 Å². The van der Waals surface area contributed by atoms with Crippen LogP contribution in [0, 0.1) is 0 Å². The molecule has 0 radical (unpaired) electrons. The number of Topliss-reactive ketones (excluding diaryl/α,β-unsaturated/α-hetero) is 1. The zero-order valence-corrected chi connectivity index (χ0v) is 9.93. The Morgan fingerprint density at radius 3 is 2.59 bits per heavy atom. The second kappa shape index (κ2) is 6.99. The lowest BCUT2D eigenvalue weighted by molar-refractivity contribution is -0.117. The molecule has 1 atom stereocenters. The van der Waals surface area contributed by atoms with Gasteiger partial charge in [-0.2, -0.15) is 0 Å². The molecule has 0 saturated heterocycles. The van der Waals surface area contributed by atoms with Gasteiger partial charge in [0.1, 0.15) is 0 Å². The van der Waals surface area contributed by atoms with Gasteiger partial charge in [-0.3, -0.25) is 4.79 Å². The van der Waals surface area contributed by atoms with E-state index in [1.165, 1.54) is 0 Å². The molecule has 0 fully saturated rings. The van der Waals surface area contributed by atoms with Gasteiger partial charge in [-0.15, -0.1) is 0 Å². The highest BCUT2D eigenvalue weighted by molar-refractivity contribution is 5.95. The first-order valence-corrected chi connectivity index (χ1v) is 5.76. The number of rotatable bonds is 7. The zero-order valence-electron chi connectivity index (χ0n) is 9.93. The Kier molecular flexibility index (Phi) is 5.60. The van der Waals surface area contributed by atoms with E-state index in [2.05, 4.69) is 6.58 Å². The molecule has 17 heavy (non-hydrogen) atoms. The van der Waals surface area contributed by atoms with Crippen LogP contribution in [0.15, 0.2) is 42.5 Å². The van der Waals surface area contributed by atoms with Crippen LogP contribution in [-0.2, 0) is 11.2 Å². The van der Waals surface area contributed by atoms with Gasteiger partial charge in [0.05, 0.1) is 6.10 Å². The average Bonchev–Trinajstić information content (AvgIpc) is 2.30. The summed E-state index contributed by atoms with van der Waals surface area (Å²) in [6.45, 7) is 4.16. The van der Waals surface area contributed by atoms with Crippen LogP contribution in [-0.4, -0.2) is 23.5 Å². The van der Waals surface area contributed by atoms with Crippen molar-refractivity contribution in [1.82, 2.24) is 0 Å². The van der Waals surface area contributed by atoms with Gasteiger partial charge in [0.25, 0.3) is 0 Å². The molecule has 1 rings (SSSR count). The van der Waals surface area contributed by atoms with Crippen molar-refractivity contribution in [3.05, 3.63) is 48.0 Å². The Balaban J connectivity index is 2.45. The predicted octanol–water partition coefficient (Wildman–Crippen LogP) is 1.45. The number of allylic oxidation sites excluding steroid dienone is 1. The van der Waals surface area contributed by atoms with Gasteiger partial charge in [-0.25, -0.2) is 0 Å². The van der Waals surface area contributed by atoms with E-state index in [9.17, 15) is 9.90 Å². The fraction of sp³-hybridized carbons (Fsp3) is 0.357. The Bertz CT molecular complexity index is 373. The van der Waals surface area contributed by atoms with E-state index >= 15 is 0 Å². The number of benzene rings is 1. The monoisotopic (exact) mass is 233 g/mol. The van der Waals surface area contributed by atoms with Crippen LogP contribution >= 0.6 is 0 Å². The third kappa shape index (κ3) is 4.93. The van der Waals surface area contributed by atoms with Crippen LogP contribution in [0.25, 0.3) is 0 Å². The summed E-state index contributed by atoms with van der Waals surface area (Å²) in [5, 5.41) is 9.49. The predicted molar refractivity (Wildman–Crippen MR) is 68.6 cm³/mol. The number of hydrogen-bond donors (Lipinski definition) is 2. The van der Waals surface area contributed by atoms with Gasteiger partial charge in [0.15, 0.2) is 5.78 Å². The van der Waals surface area contributed by atoms with E-state index in [0.29, 0.717) is 25.0 Å². The molecule has 0 amide bonds. The van der Waals surface area contributed by atoms with Crippen LogP contribution in [0.3, 0.4) is 0 Å². The van der Waals surface area contributed by atoms with E-state index in [0.717, 1.165) is 5.56 Å². The number of carbonyl (C=O) groups excluding carboxylic acids is 1. The molecule has 0 aliphatic carbocycles. The number of carbonyl (C=O) groups is 1. The SMILES string of the molecule is C=C(Cc1ccccc1)C(=O)CC(O)CCN. The molecule has 0 aliphatic rings. The number of nitrogens with two attached hydrogens (primary N) is 1. The molecule has 0 bridgehead atoms. The molecule has 0 saturated carbocycles. The fourth-order valence-corrected chi connectivity index (χ4v) is 1.59. The average molecular weight is 233 g/mol. The Morgan fingerprint density at radius 2 is 2.00 bits per heavy atom. The zero-order chi connectivity index (χ0) is 12.7. The molecule has 0 aromatic heterocycles. The molecule has 3 nitrogen and oxygen atoms in total. The van der Waals surface area contributed by atoms with Crippen molar-refractivity contribution < 1.29 is 9.90 Å². The number of aliphatic hydroxyl groups is 1. The fourth-order valence-electron chi connectivity index (χ4n) is 1.59. The molecule has 0 aliphatic heterocycles. The van der Waals surface area contributed by atoms with E-state index in [4.69, 9.17) is 5.73 Å². The Hall–Kier alpha value is -1.45. The van der Waals surface area contributed by atoms with Crippen molar-refractivity contribution in [3.63, 3.8) is 0 Å². The second-order valence-electron chi connectivity index (χ2n) is 4.12. The lowest BCUT2D eigenvalue weighted by atomic mass is 9.99. The molecule has 0 heterocycles. The topological polar surface area (TPSA) is 63.3 Å². The smallest absolute Gasteiger partial charge is 0.161 e. The van der Waals surface area contributed by atoms with Gasteiger partial charge in [-0.05, 0) is 24.1 Å². The number of aliphatic hydroxyl groups excluding tert-OH is 1. The second-order valence-corrected chi connectivity index (χ2v) is 4.12. The summed E-state index contributed by atoms with van der Waals surface area (Å²) in [5.74, 6) is -0.0881. The van der Waals surface area contributed by atoms with Crippen molar-refractivity contribution >= 4 is 5.78 Å². The van der Waals surface area contributed by atoms with E-state index < -0.39 is 6.10 Å². The lowest BCUT2D eigenvalue weighted by Crippen LogP contribution is -2.19. The summed E-state index contributed by atoms with van der Waals surface area (Å²) in [7, 11) is 0. The highest BCUT2D eigenvalue weighted by atomic mass is 16.3. The first-order chi connectivity index (χ1) is 8.13. The van der Waals surface area contributed by atoms with E-state index in [-0.39, 0.29) is 12.2 Å². The summed E-state index contributed by atoms with van der Waals surface area (Å²) in [6.07, 6.45) is 0.447. The lowest BCUT2D eigenvalue weighted by Gasteiger charge is -2.09. The van der Waals surface area contributed by atoms with Gasteiger partial charge >= 0.3 is 0 Å². The Morgan fingerprint density at radius 1 is 1.35 bits per heavy atom. The maximum absolute atomic E-state index is 11.7. The summed E-state index contributed by atoms with van der Waals surface area (Å²) in [4.78, 5) is 11.7. The Labute approximate surface area is 102 Å². The van der Waals surface area contributed by atoms with Gasteiger partial charge in [0, 0.05) is 12.8 Å². The molecule has 3 heteroatoms. The minimum Gasteiger partial charge on any atom is -0.393 e. The molecule has 3 N–H and O–H groups in total. The molecule has 1 aromatic rings. The highest BCUT2D eigenvalue weighted by Gasteiger charge is 2.13. The number of ketones is 1. The van der Waals surface area contributed by atoms with Crippen LogP contribution in [0.2, 0.25) is 0 Å². The summed E-state index contributed by atoms with van der Waals surface area (Å²) >= 11 is 0. The minimum absolute atomic E-state index is 0.0881. The van der Waals surface area contributed by atoms with E-state index in [1.807, 2.05) is 30.3 Å². The molecule has 92 valence electrons. The van der Waals surface area contributed by atoms with Crippen molar-refractivity contribution in [2.24, 2.45) is 5.73 Å². The normalized spacial score (nSPS) is 12.1. The van der Waals surface area contributed by atoms with Crippen molar-refractivity contribution in [2.75, 3.05) is 6.54 Å². The summed E-state index contributed by atoms with van der Waals surface area (Å²) in [5.41, 5.74) is 6.90. The highest BCUT2D eigenvalue weighted by Crippen LogP contribution is 2.10. The van der Waals surface area contributed by atoms with Gasteiger partial charge in [0.2, 0.25) is 0 Å². The van der Waals surface area contributed by atoms with Crippen molar-refractivity contribution in [2.45, 2.75) is 25.4 Å². The number of hydrogen-bond acceptors (Lipinski definition) is 3. The van der Waals surface area contributed by atoms with Crippen molar-refractivity contribution in [3.8, 4) is 0 Å². The standard InChI is InChI=1S/C14H19NO2/c1-11(9-12-5-3-2-4-6-12)14(17)10-13(16)7-8-15/h2-6,13,16H,1,7-10,15H2. The van der Waals surface area contributed by atoms with Crippen LogP contribution in [0.5, 0.6) is 0 Å². The third-order valence-corrected chi connectivity index (χ3v) is 2.58. The molecular formula is C14H19NO2. The van der Waals surface area contributed by atoms with Crippen molar-refractivity contribution in [1.29, 1.82) is 0 Å². The molecular weight excluding hydrogens is 214 g/mol. The first kappa shape index (κ1) is 13.6. The minimum atomic E-state index is -0.653. The van der Waals surface area contributed by atoms with Crippen LogP contribution < -0.4 is 5.73 Å².